The zero-order chi connectivity index (χ0) is 20.5. The Balaban J connectivity index is 1.86. The molecule has 11 heteroatoms. The first-order chi connectivity index (χ1) is 13.2. The number of nitrogens with zero attached hydrogens (tertiary/aromatic N) is 5. The van der Waals surface area contributed by atoms with E-state index in [9.17, 15) is 23.3 Å². The summed E-state index contributed by atoms with van der Waals surface area (Å²) in [5, 5.41) is 11.6. The van der Waals surface area contributed by atoms with Crippen LogP contribution in [0.3, 0.4) is 0 Å². The Morgan fingerprint density at radius 2 is 1.64 bits per heavy atom. The van der Waals surface area contributed by atoms with Gasteiger partial charge in [0.15, 0.2) is 0 Å². The lowest BCUT2D eigenvalue weighted by molar-refractivity contribution is -0.384. The Bertz CT molecular complexity index is 859. The van der Waals surface area contributed by atoms with Crippen LogP contribution >= 0.6 is 0 Å². The van der Waals surface area contributed by atoms with Gasteiger partial charge < -0.3 is 14.7 Å². The standard InChI is InChI=1S/C17H25N5O5S/c1-14(23)19-7-9-20(10-8-19)16-4-3-15(13-17(16)22(24)25)28(26,27)21-11-5-18(2)6-12-21/h3-4,13H,5-12H2,1-2H3. The van der Waals surface area contributed by atoms with Gasteiger partial charge in [0.1, 0.15) is 5.69 Å². The van der Waals surface area contributed by atoms with E-state index in [-0.39, 0.29) is 16.5 Å². The molecule has 0 aliphatic carbocycles. The van der Waals surface area contributed by atoms with E-state index in [1.165, 1.54) is 23.4 Å². The highest BCUT2D eigenvalue weighted by molar-refractivity contribution is 7.89. The second-order valence-corrected chi connectivity index (χ2v) is 9.05. The third kappa shape index (κ3) is 4.10. The maximum absolute atomic E-state index is 12.9. The van der Waals surface area contributed by atoms with Gasteiger partial charge in [-0.2, -0.15) is 4.31 Å². The third-order valence-corrected chi connectivity index (χ3v) is 7.20. The van der Waals surface area contributed by atoms with Gasteiger partial charge in [-0.3, -0.25) is 14.9 Å². The summed E-state index contributed by atoms with van der Waals surface area (Å²) in [5.41, 5.74) is 0.150. The van der Waals surface area contributed by atoms with Gasteiger partial charge in [-0.15, -0.1) is 0 Å². The zero-order valence-electron chi connectivity index (χ0n) is 16.1. The molecular formula is C17H25N5O5S. The summed E-state index contributed by atoms with van der Waals surface area (Å²) >= 11 is 0. The maximum Gasteiger partial charge on any atom is 0.293 e. The lowest BCUT2D eigenvalue weighted by Gasteiger charge is -2.35. The molecule has 0 N–H and O–H groups in total. The van der Waals surface area contributed by atoms with Crippen molar-refractivity contribution in [2.75, 3.05) is 64.3 Å². The quantitative estimate of drug-likeness (QED) is 0.514. The molecule has 0 saturated carbocycles. The van der Waals surface area contributed by atoms with Crippen molar-refractivity contribution in [2.45, 2.75) is 11.8 Å². The summed E-state index contributed by atoms with van der Waals surface area (Å²) in [6.07, 6.45) is 0. The average Bonchev–Trinajstić information content (AvgIpc) is 2.68. The highest BCUT2D eigenvalue weighted by Crippen LogP contribution is 2.32. The van der Waals surface area contributed by atoms with Crippen molar-refractivity contribution < 1.29 is 18.1 Å². The zero-order valence-corrected chi connectivity index (χ0v) is 16.9. The molecule has 2 heterocycles. The van der Waals surface area contributed by atoms with Gasteiger partial charge in [0.05, 0.1) is 9.82 Å². The number of carbonyl (C=O) groups is 1. The molecule has 1 aromatic rings. The van der Waals surface area contributed by atoms with E-state index < -0.39 is 14.9 Å². The molecule has 0 unspecified atom stereocenters. The van der Waals surface area contributed by atoms with E-state index in [4.69, 9.17) is 0 Å². The van der Waals surface area contributed by atoms with Crippen molar-refractivity contribution in [2.24, 2.45) is 0 Å². The Morgan fingerprint density at radius 1 is 1.04 bits per heavy atom. The van der Waals surface area contributed by atoms with E-state index in [0.29, 0.717) is 58.0 Å². The summed E-state index contributed by atoms with van der Waals surface area (Å²) in [7, 11) is -1.85. The predicted octanol–water partition coefficient (Wildman–Crippen LogP) is 0.199. The van der Waals surface area contributed by atoms with Gasteiger partial charge in [0.2, 0.25) is 15.9 Å². The first kappa shape index (κ1) is 20.5. The van der Waals surface area contributed by atoms with Crippen molar-refractivity contribution in [1.82, 2.24) is 14.1 Å². The summed E-state index contributed by atoms with van der Waals surface area (Å²) < 4.78 is 27.2. The average molecular weight is 411 g/mol. The minimum atomic E-state index is -3.78. The molecule has 28 heavy (non-hydrogen) atoms. The van der Waals surface area contributed by atoms with Crippen molar-refractivity contribution >= 4 is 27.3 Å². The molecular weight excluding hydrogens is 386 g/mol. The molecule has 2 saturated heterocycles. The molecule has 2 aliphatic heterocycles. The van der Waals surface area contributed by atoms with E-state index in [1.54, 1.807) is 4.90 Å². The van der Waals surface area contributed by atoms with Crippen LogP contribution in [0.1, 0.15) is 6.92 Å². The van der Waals surface area contributed by atoms with Crippen LogP contribution in [0, 0.1) is 10.1 Å². The first-order valence-electron chi connectivity index (χ1n) is 9.18. The van der Waals surface area contributed by atoms with Gasteiger partial charge in [0, 0.05) is 65.3 Å². The Labute approximate surface area is 164 Å². The first-order valence-corrected chi connectivity index (χ1v) is 10.6. The van der Waals surface area contributed by atoms with E-state index in [0.717, 1.165) is 6.07 Å². The van der Waals surface area contributed by atoms with Crippen molar-refractivity contribution in [3.8, 4) is 0 Å². The summed E-state index contributed by atoms with van der Waals surface area (Å²) in [6.45, 7) is 5.36. The smallest absolute Gasteiger partial charge is 0.293 e. The predicted molar refractivity (Wildman–Crippen MR) is 104 cm³/mol. The number of benzene rings is 1. The lowest BCUT2D eigenvalue weighted by atomic mass is 10.2. The van der Waals surface area contributed by atoms with Crippen LogP contribution in [0.4, 0.5) is 11.4 Å². The summed E-state index contributed by atoms with van der Waals surface area (Å²) in [5.74, 6) is -0.0252. The van der Waals surface area contributed by atoms with Crippen LogP contribution in [0.15, 0.2) is 23.1 Å². The minimum Gasteiger partial charge on any atom is -0.362 e. The van der Waals surface area contributed by atoms with Crippen molar-refractivity contribution in [3.63, 3.8) is 0 Å². The molecule has 1 amide bonds. The number of piperazine rings is 2. The maximum atomic E-state index is 12.9. The van der Waals surface area contributed by atoms with E-state index in [1.807, 2.05) is 16.8 Å². The normalized spacial score (nSPS) is 19.6. The van der Waals surface area contributed by atoms with E-state index >= 15 is 0 Å². The molecule has 0 radical (unpaired) electrons. The van der Waals surface area contributed by atoms with Gasteiger partial charge in [-0.1, -0.05) is 0 Å². The van der Waals surface area contributed by atoms with Crippen LogP contribution in [0.5, 0.6) is 0 Å². The number of nitro groups is 1. The second-order valence-electron chi connectivity index (χ2n) is 7.11. The number of anilines is 1. The molecule has 2 fully saturated rings. The molecule has 10 nitrogen and oxygen atoms in total. The second kappa shape index (κ2) is 8.02. The fourth-order valence-corrected chi connectivity index (χ4v) is 4.96. The van der Waals surface area contributed by atoms with E-state index in [2.05, 4.69) is 0 Å². The van der Waals surface area contributed by atoms with Crippen LogP contribution in [-0.4, -0.2) is 92.8 Å². The number of amides is 1. The largest absolute Gasteiger partial charge is 0.362 e. The van der Waals surface area contributed by atoms with Crippen LogP contribution < -0.4 is 4.90 Å². The number of likely N-dealkylation sites (N-methyl/N-ethyl adjacent to an activating group) is 1. The fourth-order valence-electron chi connectivity index (χ4n) is 3.52. The Kier molecular flexibility index (Phi) is 5.87. The monoisotopic (exact) mass is 411 g/mol. The fraction of sp³-hybridized carbons (Fsp3) is 0.588. The summed E-state index contributed by atoms with van der Waals surface area (Å²) in [4.78, 5) is 28.0. The lowest BCUT2D eigenvalue weighted by Crippen LogP contribution is -2.48. The highest BCUT2D eigenvalue weighted by atomic mass is 32.2. The Hall–Kier alpha value is -2.24. The molecule has 0 bridgehead atoms. The third-order valence-electron chi connectivity index (χ3n) is 5.31. The van der Waals surface area contributed by atoms with Crippen LogP contribution in [0.25, 0.3) is 0 Å². The number of hydrogen-bond donors (Lipinski definition) is 0. The van der Waals surface area contributed by atoms with Gasteiger partial charge >= 0.3 is 0 Å². The van der Waals surface area contributed by atoms with Crippen molar-refractivity contribution in [3.05, 3.63) is 28.3 Å². The van der Waals surface area contributed by atoms with Gasteiger partial charge in [-0.25, -0.2) is 8.42 Å². The van der Waals surface area contributed by atoms with Crippen LogP contribution in [0.2, 0.25) is 0 Å². The van der Waals surface area contributed by atoms with Gasteiger partial charge in [-0.05, 0) is 19.2 Å². The van der Waals surface area contributed by atoms with Crippen molar-refractivity contribution in [1.29, 1.82) is 0 Å². The SMILES string of the molecule is CC(=O)N1CCN(c2ccc(S(=O)(=O)N3CCN(C)CC3)cc2[N+](=O)[O-])CC1. The number of nitro benzene ring substituents is 1. The van der Waals surface area contributed by atoms with Gasteiger partial charge in [0.25, 0.3) is 5.69 Å². The number of rotatable bonds is 4. The molecule has 3 rings (SSSR count). The molecule has 0 spiro atoms. The molecule has 2 aliphatic rings. The molecule has 0 atom stereocenters. The number of carbonyl (C=O) groups excluding carboxylic acids is 1. The number of sulfonamides is 1. The Morgan fingerprint density at radius 3 is 2.18 bits per heavy atom. The summed E-state index contributed by atoms with van der Waals surface area (Å²) in [6, 6.07) is 4.10. The number of hydrogen-bond acceptors (Lipinski definition) is 7. The topological polar surface area (TPSA) is 107 Å². The molecule has 154 valence electrons. The minimum absolute atomic E-state index is 0.0252. The molecule has 0 aromatic heterocycles. The van der Waals surface area contributed by atoms with Crippen LogP contribution in [-0.2, 0) is 14.8 Å². The molecule has 1 aromatic carbocycles. The highest BCUT2D eigenvalue weighted by Gasteiger charge is 2.31.